The molecule has 162 valence electrons. The standard InChI is InChI=1S/C21H19F3N4O3/c1-31-15-7-5-12(6-8-15)16-10-18(21(22,23)24)28-19(26-16)11-17(27-28)20(30)25-13-3-2-4-14(29)9-13/h2-9,11,16,18,26,29H,10H2,1H3,(H,25,30)/t16-,18+/m1/s1. The van der Waals surface area contributed by atoms with Gasteiger partial charge in [-0.3, -0.25) is 4.79 Å². The molecule has 10 heteroatoms. The van der Waals surface area contributed by atoms with Crippen LogP contribution in [0, 0.1) is 0 Å². The first-order chi connectivity index (χ1) is 14.7. The van der Waals surface area contributed by atoms with Crippen LogP contribution in [0.25, 0.3) is 0 Å². The van der Waals surface area contributed by atoms with Gasteiger partial charge in [0.15, 0.2) is 11.7 Å². The predicted octanol–water partition coefficient (Wildman–Crippen LogP) is 4.51. The molecule has 0 aliphatic carbocycles. The van der Waals surface area contributed by atoms with Crippen molar-refractivity contribution in [3.05, 3.63) is 65.9 Å². The smallest absolute Gasteiger partial charge is 0.410 e. The van der Waals surface area contributed by atoms with E-state index in [-0.39, 0.29) is 23.7 Å². The normalized spacial score (nSPS) is 18.1. The number of carbonyl (C=O) groups is 1. The third kappa shape index (κ3) is 4.27. The SMILES string of the molecule is COc1ccc([C@H]2C[C@@H](C(F)(F)F)n3nc(C(=O)Nc4cccc(O)c4)cc3N2)cc1. The summed E-state index contributed by atoms with van der Waals surface area (Å²) in [6.45, 7) is 0. The third-order valence-electron chi connectivity index (χ3n) is 5.04. The van der Waals surface area contributed by atoms with E-state index in [0.717, 1.165) is 4.68 Å². The van der Waals surface area contributed by atoms with Gasteiger partial charge in [-0.2, -0.15) is 18.3 Å². The van der Waals surface area contributed by atoms with Gasteiger partial charge in [-0.25, -0.2) is 4.68 Å². The van der Waals surface area contributed by atoms with Crippen LogP contribution in [0.2, 0.25) is 0 Å². The number of ether oxygens (including phenoxy) is 1. The largest absolute Gasteiger partial charge is 0.508 e. The highest BCUT2D eigenvalue weighted by molar-refractivity contribution is 6.03. The molecule has 0 unspecified atom stereocenters. The monoisotopic (exact) mass is 432 g/mol. The van der Waals surface area contributed by atoms with E-state index in [2.05, 4.69) is 15.7 Å². The number of aromatic nitrogens is 2. The van der Waals surface area contributed by atoms with Crippen LogP contribution in [0.4, 0.5) is 24.7 Å². The lowest BCUT2D eigenvalue weighted by Crippen LogP contribution is -2.35. The van der Waals surface area contributed by atoms with Crippen molar-refractivity contribution in [2.24, 2.45) is 0 Å². The number of nitrogens with zero attached hydrogens (tertiary/aromatic N) is 2. The zero-order valence-corrected chi connectivity index (χ0v) is 16.3. The Hall–Kier alpha value is -3.69. The molecule has 0 bridgehead atoms. The number of nitrogens with one attached hydrogen (secondary N) is 2. The average molecular weight is 432 g/mol. The maximum atomic E-state index is 13.8. The minimum absolute atomic E-state index is 0.0527. The quantitative estimate of drug-likeness (QED) is 0.565. The summed E-state index contributed by atoms with van der Waals surface area (Å²) in [5.74, 6) is -0.0439. The van der Waals surface area contributed by atoms with Crippen LogP contribution in [-0.2, 0) is 0 Å². The van der Waals surface area contributed by atoms with Crippen molar-refractivity contribution in [3.8, 4) is 11.5 Å². The van der Waals surface area contributed by atoms with Gasteiger partial charge in [0.05, 0.1) is 13.2 Å². The highest BCUT2D eigenvalue weighted by atomic mass is 19.4. The maximum Gasteiger partial charge on any atom is 0.410 e. The minimum Gasteiger partial charge on any atom is -0.508 e. The molecule has 2 aromatic carbocycles. The number of methoxy groups -OCH3 is 1. The van der Waals surface area contributed by atoms with Crippen LogP contribution in [-0.4, -0.2) is 34.1 Å². The summed E-state index contributed by atoms with van der Waals surface area (Å²) in [5.41, 5.74) is 0.788. The number of hydrogen-bond acceptors (Lipinski definition) is 5. The number of phenolic OH excluding ortho intramolecular Hbond substituents is 1. The molecule has 0 saturated heterocycles. The lowest BCUT2D eigenvalue weighted by Gasteiger charge is -2.33. The van der Waals surface area contributed by atoms with E-state index in [4.69, 9.17) is 4.74 Å². The predicted molar refractivity (Wildman–Crippen MR) is 107 cm³/mol. The van der Waals surface area contributed by atoms with E-state index in [1.807, 2.05) is 0 Å². The van der Waals surface area contributed by atoms with Crippen molar-refractivity contribution in [2.75, 3.05) is 17.7 Å². The number of anilines is 2. The molecule has 2 atom stereocenters. The summed E-state index contributed by atoms with van der Waals surface area (Å²) in [6, 6.07) is 11.4. The Kier molecular flexibility index (Phi) is 5.22. The van der Waals surface area contributed by atoms with Gasteiger partial charge in [0.1, 0.15) is 17.3 Å². The highest BCUT2D eigenvalue weighted by Gasteiger charge is 2.46. The number of benzene rings is 2. The Labute approximate surface area is 175 Å². The van der Waals surface area contributed by atoms with Crippen LogP contribution < -0.4 is 15.4 Å². The van der Waals surface area contributed by atoms with E-state index in [1.165, 1.54) is 31.4 Å². The zero-order valence-electron chi connectivity index (χ0n) is 16.3. The van der Waals surface area contributed by atoms with E-state index >= 15 is 0 Å². The average Bonchev–Trinajstić information content (AvgIpc) is 3.16. The molecular formula is C21H19F3N4O3. The number of fused-ring (bicyclic) bond motifs is 1. The van der Waals surface area contributed by atoms with E-state index in [9.17, 15) is 23.1 Å². The van der Waals surface area contributed by atoms with Crippen molar-refractivity contribution >= 4 is 17.4 Å². The Morgan fingerprint density at radius 2 is 1.97 bits per heavy atom. The Morgan fingerprint density at radius 3 is 2.61 bits per heavy atom. The number of amides is 1. The molecule has 1 aromatic heterocycles. The van der Waals surface area contributed by atoms with Gasteiger partial charge >= 0.3 is 6.18 Å². The molecule has 0 saturated carbocycles. The molecule has 0 spiro atoms. The Bertz CT molecular complexity index is 1100. The molecule has 3 aromatic rings. The first-order valence-corrected chi connectivity index (χ1v) is 9.42. The number of hydrogen-bond donors (Lipinski definition) is 3. The van der Waals surface area contributed by atoms with Crippen molar-refractivity contribution in [1.29, 1.82) is 0 Å². The van der Waals surface area contributed by atoms with Gasteiger partial charge in [-0.15, -0.1) is 0 Å². The lowest BCUT2D eigenvalue weighted by atomic mass is 9.97. The number of alkyl halides is 3. The second-order valence-electron chi connectivity index (χ2n) is 7.13. The summed E-state index contributed by atoms with van der Waals surface area (Å²) < 4.78 is 47.3. The van der Waals surface area contributed by atoms with Gasteiger partial charge < -0.3 is 20.5 Å². The van der Waals surface area contributed by atoms with Crippen molar-refractivity contribution in [3.63, 3.8) is 0 Å². The fourth-order valence-corrected chi connectivity index (χ4v) is 3.52. The molecule has 0 radical (unpaired) electrons. The molecule has 1 aliphatic rings. The Balaban J connectivity index is 1.63. The third-order valence-corrected chi connectivity index (χ3v) is 5.04. The summed E-state index contributed by atoms with van der Waals surface area (Å²) in [5, 5.41) is 19.0. The number of rotatable bonds is 4. The van der Waals surface area contributed by atoms with E-state index < -0.39 is 24.2 Å². The Morgan fingerprint density at radius 1 is 1.23 bits per heavy atom. The van der Waals surface area contributed by atoms with E-state index in [1.54, 1.807) is 30.3 Å². The second kappa shape index (κ2) is 7.86. The molecule has 4 rings (SSSR count). The van der Waals surface area contributed by atoms with Gasteiger partial charge in [0.2, 0.25) is 0 Å². The van der Waals surface area contributed by atoms with Crippen LogP contribution in [0.1, 0.15) is 34.6 Å². The molecular weight excluding hydrogens is 413 g/mol. The topological polar surface area (TPSA) is 88.4 Å². The summed E-state index contributed by atoms with van der Waals surface area (Å²) in [7, 11) is 1.51. The summed E-state index contributed by atoms with van der Waals surface area (Å²) in [6.07, 6.45) is -4.83. The minimum atomic E-state index is -4.55. The first-order valence-electron chi connectivity index (χ1n) is 9.42. The first kappa shape index (κ1) is 20.6. The number of carbonyl (C=O) groups excluding carboxylic acids is 1. The molecule has 3 N–H and O–H groups in total. The fourth-order valence-electron chi connectivity index (χ4n) is 3.52. The van der Waals surface area contributed by atoms with E-state index in [0.29, 0.717) is 17.0 Å². The van der Waals surface area contributed by atoms with Gasteiger partial charge in [-0.05, 0) is 29.8 Å². The second-order valence-corrected chi connectivity index (χ2v) is 7.13. The van der Waals surface area contributed by atoms with Gasteiger partial charge in [-0.1, -0.05) is 18.2 Å². The van der Waals surface area contributed by atoms with Crippen LogP contribution >= 0.6 is 0 Å². The highest BCUT2D eigenvalue weighted by Crippen LogP contribution is 2.43. The molecule has 1 amide bonds. The van der Waals surface area contributed by atoms with Gasteiger partial charge in [0, 0.05) is 24.2 Å². The van der Waals surface area contributed by atoms with Gasteiger partial charge in [0.25, 0.3) is 5.91 Å². The van der Waals surface area contributed by atoms with Crippen molar-refractivity contribution < 1.29 is 27.8 Å². The molecule has 2 heterocycles. The lowest BCUT2D eigenvalue weighted by molar-refractivity contribution is -0.173. The molecule has 7 nitrogen and oxygen atoms in total. The number of aromatic hydroxyl groups is 1. The summed E-state index contributed by atoms with van der Waals surface area (Å²) >= 11 is 0. The number of halogens is 3. The van der Waals surface area contributed by atoms with Crippen molar-refractivity contribution in [2.45, 2.75) is 24.7 Å². The van der Waals surface area contributed by atoms with Crippen LogP contribution in [0.5, 0.6) is 11.5 Å². The van der Waals surface area contributed by atoms with Crippen LogP contribution in [0.15, 0.2) is 54.6 Å². The maximum absolute atomic E-state index is 13.8. The molecule has 31 heavy (non-hydrogen) atoms. The number of phenols is 1. The summed E-state index contributed by atoms with van der Waals surface area (Å²) in [4.78, 5) is 12.5. The fraction of sp³-hybridized carbons (Fsp3) is 0.238. The van der Waals surface area contributed by atoms with Crippen molar-refractivity contribution in [1.82, 2.24) is 9.78 Å². The molecule has 1 aliphatic heterocycles. The zero-order chi connectivity index (χ0) is 22.2. The molecule has 0 fully saturated rings. The van der Waals surface area contributed by atoms with Crippen LogP contribution in [0.3, 0.4) is 0 Å².